The Morgan fingerprint density at radius 1 is 0.900 bits per heavy atom. The van der Waals surface area contributed by atoms with Crippen LogP contribution in [0.4, 0.5) is 5.69 Å². The predicted octanol–water partition coefficient (Wildman–Crippen LogP) is 5.28. The van der Waals surface area contributed by atoms with Crippen LogP contribution in [-0.2, 0) is 4.79 Å². The number of thioether (sulfide) groups is 1. The normalized spacial score (nSPS) is 10.7. The van der Waals surface area contributed by atoms with Crippen molar-refractivity contribution in [2.45, 2.75) is 19.0 Å². The zero-order valence-electron chi connectivity index (χ0n) is 16.9. The largest absolute Gasteiger partial charge is 0.325 e. The summed E-state index contributed by atoms with van der Waals surface area (Å²) in [6.07, 6.45) is 0. The molecule has 0 aliphatic heterocycles. The fraction of sp³-hybridized carbons (Fsp3) is 0.125. The first-order valence-corrected chi connectivity index (χ1v) is 10.7. The molecule has 30 heavy (non-hydrogen) atoms. The molecule has 0 unspecified atom stereocenters. The number of carbonyl (C=O) groups excluding carboxylic acids is 1. The molecule has 4 rings (SSSR count). The lowest BCUT2D eigenvalue weighted by Crippen LogP contribution is -2.14. The maximum Gasteiger partial charge on any atom is 0.234 e. The Labute approximate surface area is 180 Å². The molecule has 0 bridgehead atoms. The van der Waals surface area contributed by atoms with Crippen LogP contribution in [0.5, 0.6) is 0 Å². The zero-order chi connectivity index (χ0) is 20.9. The van der Waals surface area contributed by atoms with E-state index in [1.807, 2.05) is 90.4 Å². The topological polar surface area (TPSA) is 59.8 Å². The number of amides is 1. The molecule has 1 aromatic heterocycles. The van der Waals surface area contributed by atoms with Crippen LogP contribution in [0.3, 0.4) is 0 Å². The number of anilines is 1. The molecule has 0 aliphatic rings. The maximum atomic E-state index is 12.5. The number of para-hydroxylation sites is 1. The van der Waals surface area contributed by atoms with E-state index < -0.39 is 0 Å². The van der Waals surface area contributed by atoms with Gasteiger partial charge in [-0.1, -0.05) is 66.4 Å². The molecule has 1 amide bonds. The van der Waals surface area contributed by atoms with Crippen molar-refractivity contribution < 1.29 is 4.79 Å². The highest BCUT2D eigenvalue weighted by atomic mass is 32.2. The molecule has 0 saturated heterocycles. The third-order valence-electron chi connectivity index (χ3n) is 4.80. The first-order valence-electron chi connectivity index (χ1n) is 9.68. The van der Waals surface area contributed by atoms with Crippen molar-refractivity contribution in [2.24, 2.45) is 0 Å². The van der Waals surface area contributed by atoms with Gasteiger partial charge in [-0.15, -0.1) is 10.2 Å². The van der Waals surface area contributed by atoms with Gasteiger partial charge in [0.25, 0.3) is 0 Å². The summed E-state index contributed by atoms with van der Waals surface area (Å²) in [5.74, 6) is 0.915. The van der Waals surface area contributed by atoms with Crippen molar-refractivity contribution in [3.05, 3.63) is 90.0 Å². The number of hydrogen-bond acceptors (Lipinski definition) is 4. The quantitative estimate of drug-likeness (QED) is 0.436. The molecule has 0 saturated carbocycles. The van der Waals surface area contributed by atoms with Crippen molar-refractivity contribution in [3.63, 3.8) is 0 Å². The smallest absolute Gasteiger partial charge is 0.234 e. The molecule has 0 radical (unpaired) electrons. The van der Waals surface area contributed by atoms with Crippen LogP contribution in [-0.4, -0.2) is 26.4 Å². The molecule has 1 heterocycles. The Morgan fingerprint density at radius 2 is 1.60 bits per heavy atom. The van der Waals surface area contributed by atoms with Gasteiger partial charge in [0.05, 0.1) is 5.75 Å². The summed E-state index contributed by atoms with van der Waals surface area (Å²) in [4.78, 5) is 12.5. The number of carbonyl (C=O) groups is 1. The fourth-order valence-corrected chi connectivity index (χ4v) is 3.85. The molecule has 150 valence electrons. The van der Waals surface area contributed by atoms with Crippen LogP contribution in [0.1, 0.15) is 11.1 Å². The van der Waals surface area contributed by atoms with Crippen molar-refractivity contribution in [1.82, 2.24) is 14.8 Å². The zero-order valence-corrected chi connectivity index (χ0v) is 17.7. The van der Waals surface area contributed by atoms with E-state index in [0.29, 0.717) is 5.16 Å². The second kappa shape index (κ2) is 8.97. The Morgan fingerprint density at radius 3 is 2.30 bits per heavy atom. The van der Waals surface area contributed by atoms with Gasteiger partial charge in [-0.25, -0.2) is 0 Å². The van der Waals surface area contributed by atoms with Crippen LogP contribution < -0.4 is 5.32 Å². The van der Waals surface area contributed by atoms with E-state index in [0.717, 1.165) is 28.3 Å². The average Bonchev–Trinajstić information content (AvgIpc) is 3.20. The third-order valence-corrected chi connectivity index (χ3v) is 5.73. The van der Waals surface area contributed by atoms with Crippen LogP contribution in [0.2, 0.25) is 0 Å². The predicted molar refractivity (Wildman–Crippen MR) is 122 cm³/mol. The summed E-state index contributed by atoms with van der Waals surface area (Å²) in [6, 6.07) is 25.8. The Hall–Kier alpha value is -3.38. The second-order valence-electron chi connectivity index (χ2n) is 6.98. The summed E-state index contributed by atoms with van der Waals surface area (Å²) in [7, 11) is 0. The van der Waals surface area contributed by atoms with Gasteiger partial charge >= 0.3 is 0 Å². The molecular formula is C24H22N4OS. The summed E-state index contributed by atoms with van der Waals surface area (Å²) in [6.45, 7) is 4.09. The highest BCUT2D eigenvalue weighted by Crippen LogP contribution is 2.28. The Balaban J connectivity index is 1.56. The molecule has 5 nitrogen and oxygen atoms in total. The molecule has 0 atom stereocenters. The van der Waals surface area contributed by atoms with Gasteiger partial charge in [0.1, 0.15) is 0 Å². The molecule has 6 heteroatoms. The number of rotatable bonds is 6. The number of nitrogens with zero attached hydrogens (tertiary/aromatic N) is 3. The molecule has 0 fully saturated rings. The molecular weight excluding hydrogens is 392 g/mol. The number of hydrogen-bond donors (Lipinski definition) is 1. The summed E-state index contributed by atoms with van der Waals surface area (Å²) < 4.78 is 1.99. The Bertz CT molecular complexity index is 1160. The van der Waals surface area contributed by atoms with Crippen LogP contribution >= 0.6 is 11.8 Å². The van der Waals surface area contributed by atoms with Crippen LogP contribution in [0.15, 0.2) is 84.0 Å². The minimum absolute atomic E-state index is 0.0767. The standard InChI is InChI=1S/C24H22N4OS/c1-17-13-14-20(15-18(17)2)25-22(29)16-30-24-27-26-23(19-9-5-3-6-10-19)28(24)21-11-7-4-8-12-21/h3-15H,16H2,1-2H3,(H,25,29). The van der Waals surface area contributed by atoms with Gasteiger partial charge in [-0.05, 0) is 49.2 Å². The van der Waals surface area contributed by atoms with Crippen molar-refractivity contribution in [3.8, 4) is 17.1 Å². The maximum absolute atomic E-state index is 12.5. The highest BCUT2D eigenvalue weighted by Gasteiger charge is 2.17. The SMILES string of the molecule is Cc1ccc(NC(=O)CSc2nnc(-c3ccccc3)n2-c2ccccc2)cc1C. The van der Waals surface area contributed by atoms with Crippen molar-refractivity contribution in [1.29, 1.82) is 0 Å². The van der Waals surface area contributed by atoms with Crippen LogP contribution in [0.25, 0.3) is 17.1 Å². The van der Waals surface area contributed by atoms with E-state index in [1.165, 1.54) is 17.3 Å². The fourth-order valence-electron chi connectivity index (χ4n) is 3.09. The molecule has 4 aromatic rings. The van der Waals surface area contributed by atoms with Crippen LogP contribution in [0, 0.1) is 13.8 Å². The summed E-state index contributed by atoms with van der Waals surface area (Å²) in [5, 5.41) is 12.4. The van der Waals surface area contributed by atoms with Gasteiger partial charge < -0.3 is 5.32 Å². The van der Waals surface area contributed by atoms with Gasteiger partial charge in [0.15, 0.2) is 11.0 Å². The summed E-state index contributed by atoms with van der Waals surface area (Å²) >= 11 is 1.37. The second-order valence-corrected chi connectivity index (χ2v) is 7.92. The molecule has 0 spiro atoms. The van der Waals surface area contributed by atoms with E-state index in [1.54, 1.807) is 0 Å². The number of aryl methyl sites for hydroxylation is 2. The van der Waals surface area contributed by atoms with Gasteiger partial charge in [-0.2, -0.15) is 0 Å². The van der Waals surface area contributed by atoms with E-state index in [2.05, 4.69) is 22.4 Å². The lowest BCUT2D eigenvalue weighted by Gasteiger charge is -2.11. The minimum atomic E-state index is -0.0767. The van der Waals surface area contributed by atoms with Gasteiger partial charge in [0.2, 0.25) is 5.91 Å². The van der Waals surface area contributed by atoms with Crippen molar-refractivity contribution in [2.75, 3.05) is 11.1 Å². The average molecular weight is 415 g/mol. The molecule has 3 aromatic carbocycles. The highest BCUT2D eigenvalue weighted by molar-refractivity contribution is 7.99. The lowest BCUT2D eigenvalue weighted by atomic mass is 10.1. The lowest BCUT2D eigenvalue weighted by molar-refractivity contribution is -0.113. The molecule has 1 N–H and O–H groups in total. The first-order chi connectivity index (χ1) is 14.6. The Kier molecular flexibility index (Phi) is 5.95. The van der Waals surface area contributed by atoms with E-state index in [4.69, 9.17) is 0 Å². The number of benzene rings is 3. The third kappa shape index (κ3) is 4.44. The van der Waals surface area contributed by atoms with Crippen molar-refractivity contribution >= 4 is 23.4 Å². The summed E-state index contributed by atoms with van der Waals surface area (Å²) in [5.41, 5.74) is 5.08. The van der Waals surface area contributed by atoms with E-state index >= 15 is 0 Å². The number of nitrogens with one attached hydrogen (secondary N) is 1. The molecule has 0 aliphatic carbocycles. The van der Waals surface area contributed by atoms with Gasteiger partial charge in [-0.3, -0.25) is 9.36 Å². The minimum Gasteiger partial charge on any atom is -0.325 e. The van der Waals surface area contributed by atoms with Gasteiger partial charge in [0, 0.05) is 16.9 Å². The monoisotopic (exact) mass is 414 g/mol. The van der Waals surface area contributed by atoms with E-state index in [9.17, 15) is 4.79 Å². The van der Waals surface area contributed by atoms with E-state index in [-0.39, 0.29) is 11.7 Å². The number of aromatic nitrogens is 3. The first kappa shape index (κ1) is 19.9.